The zero-order valence-electron chi connectivity index (χ0n) is 8.24. The van der Waals surface area contributed by atoms with Crippen LogP contribution in [0.3, 0.4) is 0 Å². The predicted molar refractivity (Wildman–Crippen MR) is 58.5 cm³/mol. The number of nitrogens with two attached hydrogens (primary N) is 1. The van der Waals surface area contributed by atoms with Gasteiger partial charge in [0.1, 0.15) is 0 Å². The molecular weight excluding hydrogens is 176 g/mol. The fourth-order valence-corrected chi connectivity index (χ4v) is 2.08. The first-order chi connectivity index (χ1) is 6.83. The Hall–Kier alpha value is -1.22. The van der Waals surface area contributed by atoms with E-state index >= 15 is 0 Å². The van der Waals surface area contributed by atoms with Crippen LogP contribution in [-0.2, 0) is 6.42 Å². The highest BCUT2D eigenvalue weighted by Crippen LogP contribution is 2.30. The maximum absolute atomic E-state index is 8.94. The lowest BCUT2D eigenvalue weighted by Gasteiger charge is -2.31. The highest BCUT2D eigenvalue weighted by Gasteiger charge is 2.17. The van der Waals surface area contributed by atoms with Crippen LogP contribution in [0.15, 0.2) is 18.2 Å². The van der Waals surface area contributed by atoms with E-state index in [9.17, 15) is 0 Å². The van der Waals surface area contributed by atoms with E-state index in [-0.39, 0.29) is 6.61 Å². The second kappa shape index (κ2) is 3.88. The first-order valence-corrected chi connectivity index (χ1v) is 5.06. The number of β-amino-alcohol motifs (C(OH)–C–C–N with tert-alkyl or cyclic N) is 1. The quantitative estimate of drug-likeness (QED) is 0.688. The monoisotopic (exact) mass is 192 g/mol. The molecule has 0 aliphatic carbocycles. The summed E-state index contributed by atoms with van der Waals surface area (Å²) in [5.41, 5.74) is 9.23. The molecule has 0 atom stereocenters. The Labute approximate surface area is 84.1 Å². The predicted octanol–water partition coefficient (Wildman–Crippen LogP) is 1.01. The van der Waals surface area contributed by atoms with Gasteiger partial charge in [0.2, 0.25) is 0 Å². The smallest absolute Gasteiger partial charge is 0.0606 e. The first-order valence-electron chi connectivity index (χ1n) is 5.06. The van der Waals surface area contributed by atoms with E-state index < -0.39 is 0 Å². The van der Waals surface area contributed by atoms with Crippen LogP contribution in [0.2, 0.25) is 0 Å². The highest BCUT2D eigenvalue weighted by molar-refractivity contribution is 5.66. The van der Waals surface area contributed by atoms with Crippen molar-refractivity contribution in [1.29, 1.82) is 0 Å². The van der Waals surface area contributed by atoms with Crippen molar-refractivity contribution in [3.8, 4) is 0 Å². The normalized spacial score (nSPS) is 15.4. The van der Waals surface area contributed by atoms with E-state index in [1.54, 1.807) is 0 Å². The second-order valence-electron chi connectivity index (χ2n) is 3.66. The number of nitrogen functional groups attached to an aromatic ring is 1. The van der Waals surface area contributed by atoms with Crippen LogP contribution in [0.25, 0.3) is 0 Å². The van der Waals surface area contributed by atoms with Gasteiger partial charge in [0.15, 0.2) is 0 Å². The van der Waals surface area contributed by atoms with E-state index in [1.807, 2.05) is 12.1 Å². The van der Waals surface area contributed by atoms with Crippen molar-refractivity contribution < 1.29 is 5.11 Å². The summed E-state index contributed by atoms with van der Waals surface area (Å²) in [5, 5.41) is 8.94. The van der Waals surface area contributed by atoms with Crippen molar-refractivity contribution in [2.45, 2.75) is 12.8 Å². The average molecular weight is 192 g/mol. The topological polar surface area (TPSA) is 49.5 Å². The van der Waals surface area contributed by atoms with Crippen molar-refractivity contribution >= 4 is 11.4 Å². The molecular formula is C11H16N2O. The number of rotatable bonds is 2. The molecule has 0 aromatic heterocycles. The Morgan fingerprint density at radius 2 is 2.29 bits per heavy atom. The third-order valence-corrected chi connectivity index (χ3v) is 2.75. The molecule has 1 aliphatic heterocycles. The summed E-state index contributed by atoms with van der Waals surface area (Å²) in [6.07, 6.45) is 2.19. The van der Waals surface area contributed by atoms with Gasteiger partial charge in [0.05, 0.1) is 6.61 Å². The van der Waals surface area contributed by atoms with E-state index in [2.05, 4.69) is 11.0 Å². The standard InChI is InChI=1S/C11H16N2O/c12-10-4-1-5-11-9(10)3-2-6-13(11)7-8-14/h1,4-5,14H,2-3,6-8,12H2. The van der Waals surface area contributed by atoms with Gasteiger partial charge in [-0.15, -0.1) is 0 Å². The molecule has 1 aromatic rings. The van der Waals surface area contributed by atoms with Gasteiger partial charge in [-0.3, -0.25) is 0 Å². The summed E-state index contributed by atoms with van der Waals surface area (Å²) in [5.74, 6) is 0. The number of nitrogens with zero attached hydrogens (tertiary/aromatic N) is 1. The zero-order chi connectivity index (χ0) is 9.97. The molecule has 14 heavy (non-hydrogen) atoms. The summed E-state index contributed by atoms with van der Waals surface area (Å²) in [4.78, 5) is 2.20. The molecule has 1 heterocycles. The van der Waals surface area contributed by atoms with Gasteiger partial charge >= 0.3 is 0 Å². The molecule has 0 bridgehead atoms. The minimum atomic E-state index is 0.203. The molecule has 1 aromatic carbocycles. The van der Waals surface area contributed by atoms with Gasteiger partial charge in [-0.05, 0) is 30.5 Å². The van der Waals surface area contributed by atoms with E-state index in [0.717, 1.165) is 25.1 Å². The van der Waals surface area contributed by atoms with Crippen LogP contribution >= 0.6 is 0 Å². The van der Waals surface area contributed by atoms with E-state index in [0.29, 0.717) is 6.54 Å². The number of hydrogen-bond acceptors (Lipinski definition) is 3. The number of aliphatic hydroxyl groups is 1. The molecule has 0 saturated carbocycles. The van der Waals surface area contributed by atoms with Crippen LogP contribution in [0, 0.1) is 0 Å². The molecule has 76 valence electrons. The van der Waals surface area contributed by atoms with Crippen molar-refractivity contribution in [3.05, 3.63) is 23.8 Å². The second-order valence-corrected chi connectivity index (χ2v) is 3.66. The van der Waals surface area contributed by atoms with Gasteiger partial charge in [0, 0.05) is 24.5 Å². The van der Waals surface area contributed by atoms with Crippen LogP contribution in [0.5, 0.6) is 0 Å². The van der Waals surface area contributed by atoms with Crippen LogP contribution < -0.4 is 10.6 Å². The number of hydrogen-bond donors (Lipinski definition) is 2. The van der Waals surface area contributed by atoms with Crippen molar-refractivity contribution in [2.75, 3.05) is 30.3 Å². The van der Waals surface area contributed by atoms with Gasteiger partial charge in [-0.25, -0.2) is 0 Å². The van der Waals surface area contributed by atoms with E-state index in [1.165, 1.54) is 11.3 Å². The molecule has 3 heteroatoms. The molecule has 0 amide bonds. The van der Waals surface area contributed by atoms with Crippen molar-refractivity contribution in [2.24, 2.45) is 0 Å². The first kappa shape index (κ1) is 9.34. The molecule has 0 spiro atoms. The van der Waals surface area contributed by atoms with Crippen LogP contribution in [0.1, 0.15) is 12.0 Å². The molecule has 1 aliphatic rings. The van der Waals surface area contributed by atoms with Gasteiger partial charge in [0.25, 0.3) is 0 Å². The third kappa shape index (κ3) is 1.55. The molecule has 3 nitrogen and oxygen atoms in total. The average Bonchev–Trinajstić information content (AvgIpc) is 2.20. The van der Waals surface area contributed by atoms with E-state index in [4.69, 9.17) is 10.8 Å². The molecule has 3 N–H and O–H groups in total. The summed E-state index contributed by atoms with van der Waals surface area (Å²) in [7, 11) is 0. The van der Waals surface area contributed by atoms with Gasteiger partial charge < -0.3 is 15.7 Å². The number of anilines is 2. The van der Waals surface area contributed by atoms with Crippen molar-refractivity contribution in [3.63, 3.8) is 0 Å². The van der Waals surface area contributed by atoms with Crippen molar-refractivity contribution in [1.82, 2.24) is 0 Å². The minimum absolute atomic E-state index is 0.203. The lowest BCUT2D eigenvalue weighted by molar-refractivity contribution is 0.301. The SMILES string of the molecule is Nc1cccc2c1CCCN2CCO. The summed E-state index contributed by atoms with van der Waals surface area (Å²) in [6.45, 7) is 1.93. The Morgan fingerprint density at radius 3 is 3.07 bits per heavy atom. The number of benzene rings is 1. The highest BCUT2D eigenvalue weighted by atomic mass is 16.3. The number of aliphatic hydroxyl groups excluding tert-OH is 1. The molecule has 2 rings (SSSR count). The zero-order valence-corrected chi connectivity index (χ0v) is 8.24. The minimum Gasteiger partial charge on any atom is -0.398 e. The lowest BCUT2D eigenvalue weighted by Crippen LogP contribution is -2.32. The van der Waals surface area contributed by atoms with Crippen LogP contribution in [-0.4, -0.2) is 24.8 Å². The third-order valence-electron chi connectivity index (χ3n) is 2.75. The molecule has 0 fully saturated rings. The lowest BCUT2D eigenvalue weighted by atomic mass is 10.00. The van der Waals surface area contributed by atoms with Crippen LogP contribution in [0.4, 0.5) is 11.4 Å². The summed E-state index contributed by atoms with van der Waals surface area (Å²) < 4.78 is 0. The fraction of sp³-hybridized carbons (Fsp3) is 0.455. The summed E-state index contributed by atoms with van der Waals surface area (Å²) >= 11 is 0. The Balaban J connectivity index is 2.34. The maximum Gasteiger partial charge on any atom is 0.0606 e. The largest absolute Gasteiger partial charge is 0.398 e. The molecule has 0 unspecified atom stereocenters. The summed E-state index contributed by atoms with van der Waals surface area (Å²) in [6, 6.07) is 6.01. The number of fused-ring (bicyclic) bond motifs is 1. The van der Waals surface area contributed by atoms with Gasteiger partial charge in [-0.2, -0.15) is 0 Å². The van der Waals surface area contributed by atoms with Gasteiger partial charge in [-0.1, -0.05) is 6.07 Å². The Kier molecular flexibility index (Phi) is 2.59. The molecule has 0 saturated heterocycles. The molecule has 0 radical (unpaired) electrons. The maximum atomic E-state index is 8.94. The Morgan fingerprint density at radius 1 is 1.43 bits per heavy atom. The Bertz CT molecular complexity index is 325. The fourth-order valence-electron chi connectivity index (χ4n) is 2.08.